The molecule has 12 heteroatoms. The number of carboxylic acids is 1. The lowest BCUT2D eigenvalue weighted by Gasteiger charge is -2.31. The van der Waals surface area contributed by atoms with E-state index in [4.69, 9.17) is 11.6 Å². The number of carboxylic acid groups (broad SMARTS) is 1. The van der Waals surface area contributed by atoms with Crippen molar-refractivity contribution in [3.8, 4) is 11.5 Å². The van der Waals surface area contributed by atoms with Crippen LogP contribution in [0.5, 0.6) is 11.5 Å². The Labute approximate surface area is 230 Å². The van der Waals surface area contributed by atoms with Gasteiger partial charge in [-0.15, -0.1) is 13.2 Å². The first kappa shape index (κ1) is 27.5. The maximum absolute atomic E-state index is 13.9. The number of phenols is 1. The molecule has 0 spiro atoms. The van der Waals surface area contributed by atoms with Gasteiger partial charge < -0.3 is 14.9 Å². The van der Waals surface area contributed by atoms with E-state index in [-0.39, 0.29) is 28.4 Å². The number of phenolic OH excluding ortho intramolecular Hbond substituents is 1. The second-order valence-corrected chi connectivity index (χ2v) is 10.2. The van der Waals surface area contributed by atoms with Gasteiger partial charge in [0.2, 0.25) is 11.8 Å². The number of nitrogens with zero attached hydrogens (tertiary/aromatic N) is 1. The number of hydrogen-bond donors (Lipinski definition) is 3. The number of carbonyl (C=O) groups excluding carboxylic acids is 2. The van der Waals surface area contributed by atoms with E-state index in [1.807, 2.05) is 0 Å². The van der Waals surface area contributed by atoms with Crippen molar-refractivity contribution in [1.82, 2.24) is 5.32 Å². The number of halogens is 4. The molecule has 40 heavy (non-hydrogen) atoms. The Hall–Kier alpha value is -4.09. The van der Waals surface area contributed by atoms with Gasteiger partial charge in [-0.1, -0.05) is 41.9 Å². The molecule has 4 atom stereocenters. The van der Waals surface area contributed by atoms with Gasteiger partial charge in [-0.3, -0.25) is 19.7 Å². The number of benzene rings is 3. The Morgan fingerprint density at radius 1 is 1.07 bits per heavy atom. The number of ether oxygens (including phenoxy) is 1. The lowest BCUT2D eigenvalue weighted by molar-refractivity contribution is -0.274. The molecule has 3 aromatic carbocycles. The lowest BCUT2D eigenvalue weighted by atomic mass is 9.76. The molecule has 2 fully saturated rings. The van der Waals surface area contributed by atoms with Crippen LogP contribution < -0.4 is 15.0 Å². The second-order valence-electron chi connectivity index (χ2n) is 9.81. The van der Waals surface area contributed by atoms with Gasteiger partial charge in [0.15, 0.2) is 0 Å². The first-order chi connectivity index (χ1) is 18.8. The van der Waals surface area contributed by atoms with Crippen LogP contribution >= 0.6 is 11.6 Å². The van der Waals surface area contributed by atoms with Crippen LogP contribution in [0.2, 0.25) is 5.02 Å². The minimum Gasteiger partial charge on any atom is -0.508 e. The molecule has 0 bridgehead atoms. The molecule has 3 aromatic rings. The summed E-state index contributed by atoms with van der Waals surface area (Å²) < 4.78 is 42.8. The fourth-order valence-corrected chi connectivity index (χ4v) is 5.72. The summed E-state index contributed by atoms with van der Waals surface area (Å²) in [5, 5.41) is 23.5. The quantitative estimate of drug-likeness (QED) is 0.363. The molecule has 0 radical (unpaired) electrons. The average molecular weight is 575 g/mol. The summed E-state index contributed by atoms with van der Waals surface area (Å²) in [6.45, 7) is 1.73. The van der Waals surface area contributed by atoms with Crippen molar-refractivity contribution < 1.29 is 42.5 Å². The molecule has 4 unspecified atom stereocenters. The monoisotopic (exact) mass is 574 g/mol. The number of aromatic hydroxyl groups is 1. The summed E-state index contributed by atoms with van der Waals surface area (Å²) >= 11 is 6.25. The Bertz CT molecular complexity index is 1510. The minimum atomic E-state index is -4.98. The second kappa shape index (κ2) is 9.83. The van der Waals surface area contributed by atoms with E-state index in [1.54, 1.807) is 13.0 Å². The summed E-state index contributed by atoms with van der Waals surface area (Å²) in [6, 6.07) is 13.9. The molecule has 8 nitrogen and oxygen atoms in total. The smallest absolute Gasteiger partial charge is 0.508 e. The van der Waals surface area contributed by atoms with Crippen LogP contribution in [-0.4, -0.2) is 39.9 Å². The molecule has 2 saturated heterocycles. The number of carbonyl (C=O) groups is 3. The highest BCUT2D eigenvalue weighted by atomic mass is 35.5. The largest absolute Gasteiger partial charge is 0.573 e. The molecule has 0 aliphatic carbocycles. The van der Waals surface area contributed by atoms with Crippen molar-refractivity contribution in [2.75, 3.05) is 4.90 Å². The van der Waals surface area contributed by atoms with E-state index in [0.717, 1.165) is 17.0 Å². The van der Waals surface area contributed by atoms with Gasteiger partial charge in [-0.25, -0.2) is 4.90 Å². The zero-order valence-electron chi connectivity index (χ0n) is 20.8. The number of rotatable bonds is 6. The lowest BCUT2D eigenvalue weighted by Crippen LogP contribution is -2.57. The molecule has 3 N–H and O–H groups in total. The molecule has 2 aliphatic rings. The number of aliphatic carboxylic acids is 1. The highest BCUT2D eigenvalue weighted by Gasteiger charge is 2.68. The van der Waals surface area contributed by atoms with Gasteiger partial charge in [0.05, 0.1) is 17.5 Å². The highest BCUT2D eigenvalue weighted by molar-refractivity contribution is 6.32. The normalized spacial score (nSPS) is 24.3. The van der Waals surface area contributed by atoms with Crippen LogP contribution in [0, 0.1) is 18.8 Å². The zero-order valence-corrected chi connectivity index (χ0v) is 21.5. The molecule has 5 rings (SSSR count). The number of alkyl halides is 3. The maximum atomic E-state index is 13.9. The molecule has 2 amide bonds. The number of imide groups is 1. The Morgan fingerprint density at radius 3 is 2.40 bits per heavy atom. The zero-order chi connectivity index (χ0) is 29.0. The van der Waals surface area contributed by atoms with Crippen LogP contribution in [0.1, 0.15) is 22.7 Å². The predicted octanol–water partition coefficient (Wildman–Crippen LogP) is 4.77. The van der Waals surface area contributed by atoms with Crippen LogP contribution in [0.4, 0.5) is 18.9 Å². The third kappa shape index (κ3) is 4.75. The molecule has 0 aromatic heterocycles. The van der Waals surface area contributed by atoms with E-state index in [2.05, 4.69) is 10.1 Å². The van der Waals surface area contributed by atoms with E-state index >= 15 is 0 Å². The number of nitrogens with one attached hydrogen (secondary N) is 1. The van der Waals surface area contributed by atoms with E-state index in [9.17, 15) is 37.8 Å². The third-order valence-electron chi connectivity index (χ3n) is 7.32. The fourth-order valence-electron chi connectivity index (χ4n) is 5.54. The van der Waals surface area contributed by atoms with E-state index < -0.39 is 53.3 Å². The van der Waals surface area contributed by atoms with Gasteiger partial charge in [0.1, 0.15) is 17.0 Å². The van der Waals surface area contributed by atoms with Crippen molar-refractivity contribution in [2.24, 2.45) is 11.8 Å². The maximum Gasteiger partial charge on any atom is 0.573 e. The number of anilines is 1. The summed E-state index contributed by atoms with van der Waals surface area (Å²) in [5.41, 5.74) is -0.605. The first-order valence-corrected chi connectivity index (χ1v) is 12.5. The molecule has 208 valence electrons. The predicted molar refractivity (Wildman–Crippen MR) is 137 cm³/mol. The summed E-state index contributed by atoms with van der Waals surface area (Å²) in [4.78, 5) is 41.7. The van der Waals surface area contributed by atoms with Gasteiger partial charge in [0.25, 0.3) is 0 Å². The summed E-state index contributed by atoms with van der Waals surface area (Å²) in [7, 11) is 0. The topological polar surface area (TPSA) is 116 Å². The molecule has 2 heterocycles. The molecular weight excluding hydrogens is 553 g/mol. The van der Waals surface area contributed by atoms with Crippen LogP contribution in [0.25, 0.3) is 0 Å². The Kier molecular flexibility index (Phi) is 6.75. The first-order valence-electron chi connectivity index (χ1n) is 12.1. The van der Waals surface area contributed by atoms with Crippen LogP contribution in [-0.2, 0) is 20.8 Å². The van der Waals surface area contributed by atoms with Gasteiger partial charge in [-0.2, -0.15) is 0 Å². The fraction of sp³-hybridized carbons (Fsp3) is 0.250. The van der Waals surface area contributed by atoms with Crippen molar-refractivity contribution in [1.29, 1.82) is 0 Å². The Balaban J connectivity index is 1.64. The summed E-state index contributed by atoms with van der Waals surface area (Å²) in [5.74, 6) is -6.25. The van der Waals surface area contributed by atoms with E-state index in [0.29, 0.717) is 11.1 Å². The van der Waals surface area contributed by atoms with Crippen molar-refractivity contribution in [2.45, 2.75) is 31.3 Å². The SMILES string of the molecule is Cc1ccc(N2C(=O)C3C(c4cccc(OC(F)(F)F)c4)NC(Cc4ccc(O)cc4)(C(=O)O)C3C2=O)cc1Cl. The van der Waals surface area contributed by atoms with Crippen LogP contribution in [0.15, 0.2) is 66.7 Å². The van der Waals surface area contributed by atoms with Gasteiger partial charge in [-0.05, 0) is 60.0 Å². The number of amides is 2. The van der Waals surface area contributed by atoms with Gasteiger partial charge >= 0.3 is 12.3 Å². The average Bonchev–Trinajstić information content (AvgIpc) is 3.35. The van der Waals surface area contributed by atoms with Crippen molar-refractivity contribution in [3.63, 3.8) is 0 Å². The molecule has 2 aliphatic heterocycles. The van der Waals surface area contributed by atoms with Crippen molar-refractivity contribution in [3.05, 3.63) is 88.4 Å². The minimum absolute atomic E-state index is 0.0562. The molecular formula is C28H22ClF3N2O6. The van der Waals surface area contributed by atoms with E-state index in [1.165, 1.54) is 48.5 Å². The van der Waals surface area contributed by atoms with Crippen molar-refractivity contribution >= 4 is 35.1 Å². The molecule has 0 saturated carbocycles. The Morgan fingerprint density at radius 2 is 1.77 bits per heavy atom. The number of aryl methyl sites for hydroxylation is 1. The van der Waals surface area contributed by atoms with Gasteiger partial charge in [0, 0.05) is 17.5 Å². The summed E-state index contributed by atoms with van der Waals surface area (Å²) in [6.07, 6.45) is -5.24. The third-order valence-corrected chi connectivity index (χ3v) is 7.73. The highest BCUT2D eigenvalue weighted by Crippen LogP contribution is 2.51. The number of hydrogen-bond acceptors (Lipinski definition) is 6. The standard InChI is InChI=1S/C28H22ClF3N2O6/c1-14-5-8-17(12-20(14)29)34-24(36)21-22(25(34)37)27(26(38)39,13-15-6-9-18(35)10-7-15)33-23(21)16-3-2-4-19(11-16)40-28(30,31)32/h2-12,21-23,33,35H,13H2,1H3,(H,38,39). The van der Waals surface area contributed by atoms with Crippen LogP contribution in [0.3, 0.4) is 0 Å². The number of fused-ring (bicyclic) bond motifs is 1.